The summed E-state index contributed by atoms with van der Waals surface area (Å²) >= 11 is 0. The Morgan fingerprint density at radius 3 is 2.78 bits per heavy atom. The lowest BCUT2D eigenvalue weighted by atomic mass is 9.77. The average molecular weight is 259 g/mol. The van der Waals surface area contributed by atoms with Crippen LogP contribution in [0.2, 0.25) is 0 Å². The van der Waals surface area contributed by atoms with Gasteiger partial charge in [-0.25, -0.2) is 4.79 Å². The van der Waals surface area contributed by atoms with Gasteiger partial charge in [-0.3, -0.25) is 0 Å². The fourth-order valence-corrected chi connectivity index (χ4v) is 1.97. The fraction of sp³-hybridized carbons (Fsp3) is 0.364. The molecule has 7 heteroatoms. The minimum absolute atomic E-state index is 0.254. The van der Waals surface area contributed by atoms with Gasteiger partial charge in [0.15, 0.2) is 6.10 Å². The maximum atomic E-state index is 12.7. The first-order chi connectivity index (χ1) is 8.43. The first kappa shape index (κ1) is 12.9. The van der Waals surface area contributed by atoms with Gasteiger partial charge in [-0.2, -0.15) is 0 Å². The second-order valence-electron chi connectivity index (χ2n) is 4.06. The van der Waals surface area contributed by atoms with Crippen molar-refractivity contribution in [2.24, 2.45) is 0 Å². The van der Waals surface area contributed by atoms with E-state index in [1.807, 2.05) is 0 Å². The summed E-state index contributed by atoms with van der Waals surface area (Å²) in [6.45, 7) is -4.79. The second-order valence-corrected chi connectivity index (χ2v) is 4.06. The fourth-order valence-electron chi connectivity index (χ4n) is 1.97. The predicted molar refractivity (Wildman–Crippen MR) is 59.6 cm³/mol. The monoisotopic (exact) mass is 259 g/mol. The third-order valence-corrected chi connectivity index (χ3v) is 2.90. The van der Waals surface area contributed by atoms with Gasteiger partial charge in [0.05, 0.1) is 13.7 Å². The van der Waals surface area contributed by atoms with E-state index in [-0.39, 0.29) is 5.56 Å². The maximum absolute atomic E-state index is 12.7. The predicted octanol–water partition coefficient (Wildman–Crippen LogP) is 1.53. The molecule has 0 aliphatic carbocycles. The molecule has 0 saturated heterocycles. The van der Waals surface area contributed by atoms with Crippen molar-refractivity contribution in [3.8, 4) is 0 Å². The van der Waals surface area contributed by atoms with Crippen LogP contribution in [0.5, 0.6) is 0 Å². The summed E-state index contributed by atoms with van der Waals surface area (Å²) in [4.78, 5) is 11.5. The van der Waals surface area contributed by atoms with Crippen LogP contribution in [0.15, 0.2) is 18.2 Å². The highest BCUT2D eigenvalue weighted by molar-refractivity contribution is 6.73. The van der Waals surface area contributed by atoms with Crippen LogP contribution < -0.4 is 5.46 Å². The zero-order valence-electron chi connectivity index (χ0n) is 9.66. The first-order valence-electron chi connectivity index (χ1n) is 5.45. The molecule has 98 valence electrons. The van der Waals surface area contributed by atoms with Crippen molar-refractivity contribution in [1.82, 2.24) is 0 Å². The molecule has 1 aliphatic heterocycles. The first-order valence-corrected chi connectivity index (χ1v) is 5.45. The number of hydrogen-bond acceptors (Lipinski definition) is 3. The highest BCUT2D eigenvalue weighted by Crippen LogP contribution is 2.28. The van der Waals surface area contributed by atoms with Crippen molar-refractivity contribution in [3.05, 3.63) is 29.3 Å². The Kier molecular flexibility index (Phi) is 3.34. The van der Waals surface area contributed by atoms with Crippen molar-refractivity contribution in [1.29, 1.82) is 0 Å². The quantitative estimate of drug-likeness (QED) is 0.596. The summed E-state index contributed by atoms with van der Waals surface area (Å²) in [6, 6.07) is 3.42. The van der Waals surface area contributed by atoms with Gasteiger partial charge >= 0.3 is 12.9 Å². The van der Waals surface area contributed by atoms with Gasteiger partial charge in [0, 0.05) is 0 Å². The Balaban J connectivity index is 2.44. The minimum Gasteiger partial charge on any atom is -0.467 e. The van der Waals surface area contributed by atoms with Crippen LogP contribution in [0.3, 0.4) is 0 Å². The van der Waals surface area contributed by atoms with E-state index >= 15 is 0 Å². The standard InChI is InChI=1S/C11H11BF3O3/c1-17-11(16)10-9-6-8(12(13,14)15)3-2-7(9)4-5-18-10/h2-3,6,10H,4-5H2,1H3/q-1. The van der Waals surface area contributed by atoms with Crippen molar-refractivity contribution in [3.63, 3.8) is 0 Å². The molecule has 1 unspecified atom stereocenters. The number of methoxy groups -OCH3 is 1. The van der Waals surface area contributed by atoms with Crippen LogP contribution in [-0.4, -0.2) is 26.7 Å². The zero-order valence-corrected chi connectivity index (χ0v) is 9.66. The number of carbonyl (C=O) groups excluding carboxylic acids is 1. The zero-order chi connectivity index (χ0) is 13.3. The lowest BCUT2D eigenvalue weighted by molar-refractivity contribution is -0.155. The van der Waals surface area contributed by atoms with Crippen molar-refractivity contribution in [2.75, 3.05) is 13.7 Å². The van der Waals surface area contributed by atoms with E-state index in [0.29, 0.717) is 18.6 Å². The maximum Gasteiger partial charge on any atom is 0.509 e. The Morgan fingerprint density at radius 1 is 1.44 bits per heavy atom. The molecule has 0 fully saturated rings. The molecule has 0 saturated carbocycles. The van der Waals surface area contributed by atoms with Crippen LogP contribution in [-0.2, 0) is 20.7 Å². The molecule has 1 heterocycles. The smallest absolute Gasteiger partial charge is 0.467 e. The van der Waals surface area contributed by atoms with Crippen LogP contribution in [0.1, 0.15) is 17.2 Å². The Morgan fingerprint density at radius 2 is 2.17 bits per heavy atom. The average Bonchev–Trinajstić information content (AvgIpc) is 2.35. The molecule has 0 N–H and O–H groups in total. The Hall–Kier alpha value is -1.50. The number of fused-ring (bicyclic) bond motifs is 1. The lowest BCUT2D eigenvalue weighted by Gasteiger charge is -2.26. The van der Waals surface area contributed by atoms with Crippen LogP contribution in [0.25, 0.3) is 0 Å². The summed E-state index contributed by atoms with van der Waals surface area (Å²) in [5, 5.41) is 0. The highest BCUT2D eigenvalue weighted by Gasteiger charge is 2.32. The summed E-state index contributed by atoms with van der Waals surface area (Å²) in [5.41, 5.74) is 0.221. The van der Waals surface area contributed by atoms with E-state index in [1.165, 1.54) is 13.2 Å². The van der Waals surface area contributed by atoms with Crippen molar-refractivity contribution in [2.45, 2.75) is 12.5 Å². The molecule has 1 atom stereocenters. The summed E-state index contributed by atoms with van der Waals surface area (Å²) < 4.78 is 47.7. The second kappa shape index (κ2) is 4.64. The largest absolute Gasteiger partial charge is 0.509 e. The van der Waals surface area contributed by atoms with Gasteiger partial charge in [-0.1, -0.05) is 18.2 Å². The van der Waals surface area contributed by atoms with Gasteiger partial charge in [0.2, 0.25) is 0 Å². The van der Waals surface area contributed by atoms with E-state index in [1.54, 1.807) is 0 Å². The van der Waals surface area contributed by atoms with Gasteiger partial charge in [0.25, 0.3) is 0 Å². The molecule has 3 nitrogen and oxygen atoms in total. The normalized spacial score (nSPS) is 19.2. The Labute approximate surface area is 102 Å². The third kappa shape index (κ3) is 2.36. The van der Waals surface area contributed by atoms with E-state index in [2.05, 4.69) is 4.74 Å². The van der Waals surface area contributed by atoms with Gasteiger partial charge < -0.3 is 22.4 Å². The summed E-state index contributed by atoms with van der Waals surface area (Å²) in [7, 11) is 1.18. The number of ether oxygens (including phenoxy) is 2. The van der Waals surface area contributed by atoms with Crippen LogP contribution >= 0.6 is 0 Å². The molecule has 1 aromatic rings. The number of benzene rings is 1. The van der Waals surface area contributed by atoms with Gasteiger partial charge in [-0.15, -0.1) is 5.46 Å². The van der Waals surface area contributed by atoms with E-state index in [4.69, 9.17) is 4.74 Å². The molecule has 0 radical (unpaired) electrons. The topological polar surface area (TPSA) is 35.5 Å². The molecule has 1 aliphatic rings. The van der Waals surface area contributed by atoms with E-state index in [0.717, 1.165) is 12.1 Å². The van der Waals surface area contributed by atoms with E-state index in [9.17, 15) is 17.7 Å². The van der Waals surface area contributed by atoms with Gasteiger partial charge in [-0.05, 0) is 17.5 Å². The number of halogens is 3. The minimum atomic E-state index is -5.08. The molecule has 2 rings (SSSR count). The van der Waals surface area contributed by atoms with Crippen LogP contribution in [0.4, 0.5) is 12.9 Å². The molecule has 0 aromatic heterocycles. The number of esters is 1. The SMILES string of the molecule is COC(=O)C1OCCc2ccc([B-](F)(F)F)cc21. The number of rotatable bonds is 2. The number of hydrogen-bond donors (Lipinski definition) is 0. The van der Waals surface area contributed by atoms with Crippen LogP contribution in [0, 0.1) is 0 Å². The Bertz CT molecular complexity index is 473. The molecular formula is C11H11BF3O3-. The molecular weight excluding hydrogens is 248 g/mol. The van der Waals surface area contributed by atoms with Crippen molar-refractivity contribution >= 4 is 18.4 Å². The molecule has 0 amide bonds. The summed E-state index contributed by atoms with van der Waals surface area (Å²) in [6.07, 6.45) is -0.564. The number of carbonyl (C=O) groups is 1. The van der Waals surface area contributed by atoms with E-state index < -0.39 is 24.5 Å². The molecule has 18 heavy (non-hydrogen) atoms. The highest BCUT2D eigenvalue weighted by atomic mass is 19.4. The molecule has 0 bridgehead atoms. The molecule has 1 aromatic carbocycles. The van der Waals surface area contributed by atoms with Gasteiger partial charge in [0.1, 0.15) is 0 Å². The molecule has 0 spiro atoms. The van der Waals surface area contributed by atoms with Crippen molar-refractivity contribution < 1.29 is 27.2 Å². The lowest BCUT2D eigenvalue weighted by Crippen LogP contribution is -2.36. The third-order valence-electron chi connectivity index (χ3n) is 2.90. The summed E-state index contributed by atoms with van der Waals surface area (Å²) in [5.74, 6) is -0.678.